The quantitative estimate of drug-likeness (QED) is 0.0443. The second-order valence-electron chi connectivity index (χ2n) is 9.22. The SMILES string of the molecule is Cc1nc2ccccn2c1/C(O)=C1\C(=O)C(=O)N(c2nnc(SCc3ccccc3Cl)s2)C1c1ccc([N+](=O)[O-])cc1. The first kappa shape index (κ1) is 27.6. The Morgan fingerprint density at radius 1 is 1.10 bits per heavy atom. The number of rotatable bonds is 7. The molecule has 6 rings (SSSR count). The van der Waals surface area contributed by atoms with Gasteiger partial charge >= 0.3 is 5.91 Å². The molecule has 11 nitrogen and oxygen atoms in total. The Kier molecular flexibility index (Phi) is 7.22. The van der Waals surface area contributed by atoms with Gasteiger partial charge in [0.25, 0.3) is 11.5 Å². The summed E-state index contributed by atoms with van der Waals surface area (Å²) in [6.45, 7) is 1.69. The van der Waals surface area contributed by atoms with Crippen molar-refractivity contribution in [1.29, 1.82) is 0 Å². The van der Waals surface area contributed by atoms with Crippen LogP contribution in [0.5, 0.6) is 0 Å². The van der Waals surface area contributed by atoms with E-state index in [1.54, 1.807) is 41.8 Å². The molecule has 4 heterocycles. The van der Waals surface area contributed by atoms with E-state index in [1.165, 1.54) is 40.9 Å². The number of aromatic nitrogens is 4. The maximum absolute atomic E-state index is 13.6. The van der Waals surface area contributed by atoms with Crippen LogP contribution in [0.25, 0.3) is 11.4 Å². The fraction of sp³-hybridized carbons (Fsp3) is 0.107. The smallest absolute Gasteiger partial charge is 0.301 e. The molecule has 1 aliphatic heterocycles. The minimum absolute atomic E-state index is 0.135. The van der Waals surface area contributed by atoms with Crippen molar-refractivity contribution >= 4 is 68.6 Å². The van der Waals surface area contributed by atoms with Crippen LogP contribution in [-0.2, 0) is 15.3 Å². The lowest BCUT2D eigenvalue weighted by atomic mass is 9.96. The molecule has 42 heavy (non-hydrogen) atoms. The van der Waals surface area contributed by atoms with E-state index >= 15 is 0 Å². The number of imidazole rings is 1. The fourth-order valence-corrected chi connectivity index (χ4v) is 6.92. The Labute approximate surface area is 251 Å². The number of thioether (sulfide) groups is 1. The molecule has 0 bridgehead atoms. The van der Waals surface area contributed by atoms with Crippen molar-refractivity contribution in [2.45, 2.75) is 23.1 Å². The number of aliphatic hydroxyl groups excluding tert-OH is 1. The maximum Gasteiger partial charge on any atom is 0.301 e. The van der Waals surface area contributed by atoms with E-state index in [0.717, 1.165) is 16.9 Å². The van der Waals surface area contributed by atoms with Crippen LogP contribution in [0.2, 0.25) is 5.02 Å². The third-order valence-corrected chi connectivity index (χ3v) is 9.18. The number of aryl methyl sites for hydroxylation is 1. The van der Waals surface area contributed by atoms with E-state index < -0.39 is 28.4 Å². The summed E-state index contributed by atoms with van der Waals surface area (Å²) in [5.74, 6) is -1.76. The normalized spacial score (nSPS) is 16.4. The zero-order valence-corrected chi connectivity index (χ0v) is 24.1. The number of carbonyl (C=O) groups is 2. The highest BCUT2D eigenvalue weighted by Crippen LogP contribution is 2.44. The standard InChI is InChI=1S/C28H19ClN6O5S2/c1-15-22(33-13-5-4-8-20(33)30-15)24(36)21-23(16-9-11-18(12-10-16)35(39)40)34(26(38)25(21)37)27-31-32-28(42-27)41-14-17-6-2-3-7-19(17)29/h2-13,23,36H,14H2,1H3/b24-21+. The highest BCUT2D eigenvalue weighted by Gasteiger charge is 2.49. The number of nitro benzene ring substituents is 1. The van der Waals surface area contributed by atoms with Gasteiger partial charge in [0, 0.05) is 29.1 Å². The number of nitrogens with zero attached hydrogens (tertiary/aromatic N) is 6. The van der Waals surface area contributed by atoms with Crippen molar-refractivity contribution in [1.82, 2.24) is 19.6 Å². The number of hydrogen-bond donors (Lipinski definition) is 1. The van der Waals surface area contributed by atoms with Gasteiger partial charge in [-0.05, 0) is 48.4 Å². The average molecular weight is 619 g/mol. The Balaban J connectivity index is 1.45. The van der Waals surface area contributed by atoms with Gasteiger partial charge in [0.2, 0.25) is 5.13 Å². The first-order valence-electron chi connectivity index (χ1n) is 12.4. The van der Waals surface area contributed by atoms with Gasteiger partial charge in [-0.3, -0.25) is 29.0 Å². The minimum Gasteiger partial charge on any atom is -0.505 e. The van der Waals surface area contributed by atoms with Crippen molar-refractivity contribution in [3.05, 3.63) is 116 Å². The molecule has 0 saturated carbocycles. The third kappa shape index (κ3) is 4.81. The number of carbonyl (C=O) groups excluding carboxylic acids is 2. The summed E-state index contributed by atoms with van der Waals surface area (Å²) in [4.78, 5) is 43.5. The number of amides is 1. The lowest BCUT2D eigenvalue weighted by Crippen LogP contribution is -2.29. The lowest BCUT2D eigenvalue weighted by Gasteiger charge is -2.22. The lowest BCUT2D eigenvalue weighted by molar-refractivity contribution is -0.384. The third-order valence-electron chi connectivity index (χ3n) is 6.70. The van der Waals surface area contributed by atoms with Crippen molar-refractivity contribution < 1.29 is 19.6 Å². The van der Waals surface area contributed by atoms with E-state index in [2.05, 4.69) is 15.2 Å². The Morgan fingerprint density at radius 2 is 1.83 bits per heavy atom. The maximum atomic E-state index is 13.6. The number of halogens is 1. The number of non-ortho nitro benzene ring substituents is 1. The van der Waals surface area contributed by atoms with Gasteiger partial charge in [-0.25, -0.2) is 4.98 Å². The van der Waals surface area contributed by atoms with Crippen LogP contribution in [0.4, 0.5) is 10.8 Å². The van der Waals surface area contributed by atoms with Crippen molar-refractivity contribution in [3.63, 3.8) is 0 Å². The largest absolute Gasteiger partial charge is 0.505 e. The van der Waals surface area contributed by atoms with Crippen LogP contribution in [0, 0.1) is 17.0 Å². The number of anilines is 1. The predicted octanol–water partition coefficient (Wildman–Crippen LogP) is 5.97. The summed E-state index contributed by atoms with van der Waals surface area (Å²) in [5, 5.41) is 32.1. The van der Waals surface area contributed by atoms with E-state index in [1.807, 2.05) is 18.2 Å². The molecule has 3 aromatic heterocycles. The van der Waals surface area contributed by atoms with Gasteiger partial charge < -0.3 is 5.11 Å². The first-order valence-corrected chi connectivity index (χ1v) is 14.6. The number of nitro groups is 1. The summed E-state index contributed by atoms with van der Waals surface area (Å²) in [7, 11) is 0. The van der Waals surface area contributed by atoms with E-state index in [9.17, 15) is 24.8 Å². The molecule has 1 unspecified atom stereocenters. The van der Waals surface area contributed by atoms with Gasteiger partial charge in [-0.15, -0.1) is 10.2 Å². The zero-order chi connectivity index (χ0) is 29.5. The van der Waals surface area contributed by atoms with Crippen molar-refractivity contribution in [3.8, 4) is 0 Å². The second-order valence-corrected chi connectivity index (χ2v) is 11.8. The van der Waals surface area contributed by atoms with Gasteiger partial charge in [-0.2, -0.15) is 0 Å². The molecule has 1 atom stereocenters. The molecule has 14 heteroatoms. The summed E-state index contributed by atoms with van der Waals surface area (Å²) in [6.07, 6.45) is 1.69. The highest BCUT2D eigenvalue weighted by molar-refractivity contribution is 8.00. The van der Waals surface area contributed by atoms with Crippen LogP contribution >= 0.6 is 34.7 Å². The van der Waals surface area contributed by atoms with Crippen LogP contribution in [0.15, 0.2) is 82.8 Å². The predicted molar refractivity (Wildman–Crippen MR) is 159 cm³/mol. The summed E-state index contributed by atoms with van der Waals surface area (Å²) in [6, 6.07) is 17.0. The van der Waals surface area contributed by atoms with Crippen LogP contribution in [0.3, 0.4) is 0 Å². The molecule has 0 spiro atoms. The van der Waals surface area contributed by atoms with Gasteiger partial charge in [0.15, 0.2) is 10.1 Å². The van der Waals surface area contributed by atoms with Gasteiger partial charge in [0.1, 0.15) is 11.3 Å². The Hall–Kier alpha value is -4.59. The Bertz CT molecular complexity index is 1920. The summed E-state index contributed by atoms with van der Waals surface area (Å²) >= 11 is 8.75. The number of fused-ring (bicyclic) bond motifs is 1. The number of benzene rings is 2. The van der Waals surface area contributed by atoms with E-state index in [0.29, 0.717) is 32.0 Å². The van der Waals surface area contributed by atoms with Crippen LogP contribution in [-0.4, -0.2) is 41.3 Å². The second kappa shape index (κ2) is 11.0. The molecule has 2 aromatic carbocycles. The molecule has 1 amide bonds. The molecular formula is C28H19ClN6O5S2. The van der Waals surface area contributed by atoms with Gasteiger partial charge in [-0.1, -0.05) is 59.0 Å². The number of hydrogen-bond acceptors (Lipinski definition) is 10. The van der Waals surface area contributed by atoms with Gasteiger partial charge in [0.05, 0.1) is 22.2 Å². The molecular weight excluding hydrogens is 600 g/mol. The molecule has 5 aromatic rings. The minimum atomic E-state index is -1.13. The molecule has 1 N–H and O–H groups in total. The fourth-order valence-electron chi connectivity index (χ4n) is 4.76. The number of pyridine rings is 1. The van der Waals surface area contributed by atoms with Crippen molar-refractivity contribution in [2.75, 3.05) is 4.90 Å². The molecule has 210 valence electrons. The van der Waals surface area contributed by atoms with E-state index in [4.69, 9.17) is 11.6 Å². The first-order chi connectivity index (χ1) is 20.2. The average Bonchev–Trinajstić information content (AvgIpc) is 3.66. The molecule has 1 fully saturated rings. The zero-order valence-electron chi connectivity index (χ0n) is 21.7. The van der Waals surface area contributed by atoms with Crippen LogP contribution < -0.4 is 4.90 Å². The highest BCUT2D eigenvalue weighted by atomic mass is 35.5. The van der Waals surface area contributed by atoms with Crippen LogP contribution in [0.1, 0.15) is 28.6 Å². The number of Topliss-reactive ketones (excluding diaryl/α,β-unsaturated/α-hetero) is 1. The summed E-state index contributed by atoms with van der Waals surface area (Å²) in [5.41, 5.74) is 2.15. The molecule has 1 aliphatic rings. The number of aliphatic hydroxyl groups is 1. The molecule has 1 saturated heterocycles. The van der Waals surface area contributed by atoms with E-state index in [-0.39, 0.29) is 22.1 Å². The monoisotopic (exact) mass is 618 g/mol. The summed E-state index contributed by atoms with van der Waals surface area (Å²) < 4.78 is 2.16. The number of ketones is 1. The molecule has 0 radical (unpaired) electrons. The topological polar surface area (TPSA) is 144 Å². The Morgan fingerprint density at radius 3 is 2.57 bits per heavy atom. The molecule has 0 aliphatic carbocycles. The van der Waals surface area contributed by atoms with Crippen molar-refractivity contribution in [2.24, 2.45) is 0 Å².